The lowest BCUT2D eigenvalue weighted by Crippen LogP contribution is -2.42. The molecule has 2 aromatic heterocycles. The Bertz CT molecular complexity index is 602. The molecular formula is C14H19N5O. The molecule has 3 rings (SSSR count). The molecule has 1 aliphatic heterocycles. The van der Waals surface area contributed by atoms with Crippen molar-refractivity contribution in [2.75, 3.05) is 13.1 Å². The van der Waals surface area contributed by atoms with E-state index in [2.05, 4.69) is 27.6 Å². The van der Waals surface area contributed by atoms with E-state index in [9.17, 15) is 4.79 Å². The number of nitrogens with one attached hydrogen (secondary N) is 2. The second kappa shape index (κ2) is 5.58. The molecule has 6 heteroatoms. The maximum atomic E-state index is 12.4. The average molecular weight is 273 g/mol. The van der Waals surface area contributed by atoms with Gasteiger partial charge in [0.25, 0.3) is 5.91 Å². The molecule has 2 aromatic rings. The molecule has 1 saturated heterocycles. The third-order valence-corrected chi connectivity index (χ3v) is 4.02. The molecule has 0 bridgehead atoms. The number of carbonyl (C=O) groups excluding carboxylic acids is 1. The van der Waals surface area contributed by atoms with Gasteiger partial charge in [0, 0.05) is 18.4 Å². The number of hydrogen-bond acceptors (Lipinski definition) is 4. The largest absolute Gasteiger partial charge is 0.349 e. The number of amides is 1. The van der Waals surface area contributed by atoms with Crippen LogP contribution in [0.3, 0.4) is 0 Å². The summed E-state index contributed by atoms with van der Waals surface area (Å²) in [6.07, 6.45) is 8.87. The van der Waals surface area contributed by atoms with Crippen LogP contribution in [0.2, 0.25) is 0 Å². The number of aromatic nitrogens is 3. The molecule has 0 spiro atoms. The zero-order valence-corrected chi connectivity index (χ0v) is 11.5. The van der Waals surface area contributed by atoms with Gasteiger partial charge in [0.15, 0.2) is 0 Å². The summed E-state index contributed by atoms with van der Waals surface area (Å²) in [7, 11) is 0. The molecule has 0 saturated carbocycles. The van der Waals surface area contributed by atoms with Crippen molar-refractivity contribution in [3.63, 3.8) is 0 Å². The molecule has 0 aliphatic carbocycles. The first-order valence-electron chi connectivity index (χ1n) is 7.04. The summed E-state index contributed by atoms with van der Waals surface area (Å²) in [5.41, 5.74) is 1.32. The van der Waals surface area contributed by atoms with E-state index in [1.165, 1.54) is 0 Å². The van der Waals surface area contributed by atoms with Gasteiger partial charge in [-0.2, -0.15) is 5.10 Å². The Hall–Kier alpha value is -1.95. The molecule has 1 fully saturated rings. The van der Waals surface area contributed by atoms with Gasteiger partial charge in [0.2, 0.25) is 0 Å². The fraction of sp³-hybridized carbons (Fsp3) is 0.500. The van der Waals surface area contributed by atoms with E-state index in [-0.39, 0.29) is 11.9 Å². The Morgan fingerprint density at radius 1 is 1.45 bits per heavy atom. The van der Waals surface area contributed by atoms with E-state index >= 15 is 0 Å². The Balaban J connectivity index is 1.72. The average Bonchev–Trinajstić information content (AvgIpc) is 2.92. The molecule has 1 aliphatic rings. The maximum absolute atomic E-state index is 12.4. The first-order chi connectivity index (χ1) is 9.75. The van der Waals surface area contributed by atoms with Crippen molar-refractivity contribution in [3.8, 4) is 0 Å². The molecule has 1 amide bonds. The van der Waals surface area contributed by atoms with Crippen LogP contribution in [0.4, 0.5) is 0 Å². The molecule has 6 nitrogen and oxygen atoms in total. The van der Waals surface area contributed by atoms with Crippen LogP contribution in [0.15, 0.2) is 24.8 Å². The highest BCUT2D eigenvalue weighted by Gasteiger charge is 2.22. The second-order valence-corrected chi connectivity index (χ2v) is 5.31. The number of piperidine rings is 1. The SMILES string of the molecule is CC(NC(=O)c1cnn2ccncc12)C1CCNCC1. The van der Waals surface area contributed by atoms with Crippen molar-refractivity contribution in [1.82, 2.24) is 25.2 Å². The van der Waals surface area contributed by atoms with Crippen LogP contribution in [-0.2, 0) is 0 Å². The first-order valence-corrected chi connectivity index (χ1v) is 7.04. The minimum absolute atomic E-state index is 0.0703. The van der Waals surface area contributed by atoms with Crippen molar-refractivity contribution in [2.24, 2.45) is 5.92 Å². The number of fused-ring (bicyclic) bond motifs is 1. The predicted molar refractivity (Wildman–Crippen MR) is 75.5 cm³/mol. The van der Waals surface area contributed by atoms with E-state index < -0.39 is 0 Å². The van der Waals surface area contributed by atoms with Crippen molar-refractivity contribution >= 4 is 11.4 Å². The molecular weight excluding hydrogens is 254 g/mol. The lowest BCUT2D eigenvalue weighted by molar-refractivity contribution is 0.0922. The smallest absolute Gasteiger partial charge is 0.255 e. The van der Waals surface area contributed by atoms with E-state index in [4.69, 9.17) is 0 Å². The standard InChI is InChI=1S/C14H19N5O/c1-10(11-2-4-15-5-3-11)18-14(20)12-8-17-19-7-6-16-9-13(12)19/h6-11,15H,2-5H2,1H3,(H,18,20). The third kappa shape index (κ3) is 2.51. The van der Waals surface area contributed by atoms with Crippen LogP contribution in [0.1, 0.15) is 30.1 Å². The monoisotopic (exact) mass is 273 g/mol. The summed E-state index contributed by atoms with van der Waals surface area (Å²) in [6, 6.07) is 0.177. The highest BCUT2D eigenvalue weighted by Crippen LogP contribution is 2.17. The summed E-state index contributed by atoms with van der Waals surface area (Å²) in [5, 5.41) is 10.6. The molecule has 1 unspecified atom stereocenters. The van der Waals surface area contributed by atoms with Gasteiger partial charge in [-0.15, -0.1) is 0 Å². The Morgan fingerprint density at radius 2 is 2.25 bits per heavy atom. The Morgan fingerprint density at radius 3 is 3.05 bits per heavy atom. The Labute approximate surface area is 117 Å². The quantitative estimate of drug-likeness (QED) is 0.869. The number of hydrogen-bond donors (Lipinski definition) is 2. The summed E-state index contributed by atoms with van der Waals surface area (Å²) in [6.45, 7) is 4.15. The number of nitrogens with zero attached hydrogens (tertiary/aromatic N) is 3. The zero-order chi connectivity index (χ0) is 13.9. The van der Waals surface area contributed by atoms with Gasteiger partial charge in [-0.3, -0.25) is 9.78 Å². The normalized spacial score (nSPS) is 18.1. The minimum atomic E-state index is -0.0703. The van der Waals surface area contributed by atoms with Crippen molar-refractivity contribution in [2.45, 2.75) is 25.8 Å². The van der Waals surface area contributed by atoms with E-state index in [0.717, 1.165) is 31.4 Å². The number of carbonyl (C=O) groups is 1. The van der Waals surface area contributed by atoms with Gasteiger partial charge in [-0.1, -0.05) is 0 Å². The third-order valence-electron chi connectivity index (χ3n) is 4.02. The highest BCUT2D eigenvalue weighted by molar-refractivity contribution is 6.00. The van der Waals surface area contributed by atoms with E-state index in [1.807, 2.05) is 0 Å². The van der Waals surface area contributed by atoms with Gasteiger partial charge in [-0.25, -0.2) is 4.52 Å². The highest BCUT2D eigenvalue weighted by atomic mass is 16.1. The van der Waals surface area contributed by atoms with Crippen LogP contribution < -0.4 is 10.6 Å². The van der Waals surface area contributed by atoms with Crippen molar-refractivity contribution in [3.05, 3.63) is 30.4 Å². The van der Waals surface area contributed by atoms with E-state index in [0.29, 0.717) is 11.5 Å². The fourth-order valence-corrected chi connectivity index (χ4v) is 2.76. The molecule has 3 heterocycles. The van der Waals surface area contributed by atoms with Gasteiger partial charge >= 0.3 is 0 Å². The molecule has 1 atom stereocenters. The van der Waals surface area contributed by atoms with Gasteiger partial charge in [0.1, 0.15) is 0 Å². The van der Waals surface area contributed by atoms with Crippen LogP contribution in [0, 0.1) is 5.92 Å². The van der Waals surface area contributed by atoms with Gasteiger partial charge in [-0.05, 0) is 38.8 Å². The van der Waals surface area contributed by atoms with Crippen LogP contribution in [-0.4, -0.2) is 39.6 Å². The maximum Gasteiger partial charge on any atom is 0.255 e. The van der Waals surface area contributed by atoms with Gasteiger partial charge in [0.05, 0.1) is 23.5 Å². The van der Waals surface area contributed by atoms with Crippen LogP contribution >= 0.6 is 0 Å². The van der Waals surface area contributed by atoms with Crippen molar-refractivity contribution < 1.29 is 4.79 Å². The van der Waals surface area contributed by atoms with Crippen LogP contribution in [0.25, 0.3) is 5.52 Å². The molecule has 20 heavy (non-hydrogen) atoms. The molecule has 2 N–H and O–H groups in total. The Kier molecular flexibility index (Phi) is 3.64. The second-order valence-electron chi connectivity index (χ2n) is 5.31. The van der Waals surface area contributed by atoms with Gasteiger partial charge < -0.3 is 10.6 Å². The van der Waals surface area contributed by atoms with Crippen molar-refractivity contribution in [1.29, 1.82) is 0 Å². The summed E-state index contributed by atoms with van der Waals surface area (Å²) < 4.78 is 1.66. The minimum Gasteiger partial charge on any atom is -0.349 e. The lowest BCUT2D eigenvalue weighted by atomic mass is 9.91. The topological polar surface area (TPSA) is 71.3 Å². The summed E-state index contributed by atoms with van der Waals surface area (Å²) in [4.78, 5) is 16.4. The number of rotatable bonds is 3. The predicted octanol–water partition coefficient (Wildman–Crippen LogP) is 0.847. The molecule has 0 radical (unpaired) electrons. The molecule has 106 valence electrons. The summed E-state index contributed by atoms with van der Waals surface area (Å²) >= 11 is 0. The first kappa shape index (κ1) is 13.1. The summed E-state index contributed by atoms with van der Waals surface area (Å²) in [5.74, 6) is 0.471. The lowest BCUT2D eigenvalue weighted by Gasteiger charge is -2.28. The molecule has 0 aromatic carbocycles. The zero-order valence-electron chi connectivity index (χ0n) is 11.5. The fourth-order valence-electron chi connectivity index (χ4n) is 2.76. The van der Waals surface area contributed by atoms with E-state index in [1.54, 1.807) is 29.3 Å². The van der Waals surface area contributed by atoms with Crippen LogP contribution in [0.5, 0.6) is 0 Å².